The summed E-state index contributed by atoms with van der Waals surface area (Å²) in [6.07, 6.45) is 5.00. The summed E-state index contributed by atoms with van der Waals surface area (Å²) in [5.41, 5.74) is 1.40. The standard InChI is InChI=1S/C17H19NO5S/c1-4-7-18-16(20)9-23-17(21)11-24-10-14-8-13(12(2)19)5-6-15(14)22-3/h1,5-6,8H,7,9-11H2,2-3H3,(H,18,20). The molecular formula is C17H19NO5S. The zero-order valence-electron chi connectivity index (χ0n) is 13.6. The van der Waals surface area contributed by atoms with Crippen molar-refractivity contribution < 1.29 is 23.9 Å². The number of carbonyl (C=O) groups excluding carboxylic acids is 3. The monoisotopic (exact) mass is 349 g/mol. The fraction of sp³-hybridized carbons (Fsp3) is 0.353. The Labute approximate surface area is 145 Å². The molecule has 1 amide bonds. The molecule has 0 heterocycles. The molecule has 24 heavy (non-hydrogen) atoms. The number of ether oxygens (including phenoxy) is 2. The Kier molecular flexibility index (Phi) is 8.44. The molecule has 0 radical (unpaired) electrons. The van der Waals surface area contributed by atoms with Crippen molar-refractivity contribution >= 4 is 29.4 Å². The molecule has 1 N–H and O–H groups in total. The van der Waals surface area contributed by atoms with Gasteiger partial charge in [0, 0.05) is 16.9 Å². The largest absolute Gasteiger partial charge is 0.496 e. The number of thioether (sulfide) groups is 1. The van der Waals surface area contributed by atoms with Crippen LogP contribution in [-0.4, -0.2) is 43.7 Å². The summed E-state index contributed by atoms with van der Waals surface area (Å²) in [4.78, 5) is 34.3. The van der Waals surface area contributed by atoms with Gasteiger partial charge in [0.2, 0.25) is 0 Å². The highest BCUT2D eigenvalue weighted by molar-refractivity contribution is 7.99. The van der Waals surface area contributed by atoms with E-state index in [9.17, 15) is 14.4 Å². The second-order valence-electron chi connectivity index (χ2n) is 4.72. The molecule has 7 heteroatoms. The minimum absolute atomic E-state index is 0.0405. The maximum absolute atomic E-state index is 11.6. The third-order valence-corrected chi connectivity index (χ3v) is 3.87. The normalized spacial score (nSPS) is 9.71. The predicted molar refractivity (Wildman–Crippen MR) is 92.0 cm³/mol. The number of carbonyl (C=O) groups is 3. The number of benzene rings is 1. The minimum atomic E-state index is -0.502. The Morgan fingerprint density at radius 1 is 1.33 bits per heavy atom. The van der Waals surface area contributed by atoms with Crippen LogP contribution < -0.4 is 10.1 Å². The van der Waals surface area contributed by atoms with E-state index in [1.54, 1.807) is 25.3 Å². The van der Waals surface area contributed by atoms with Crippen LogP contribution in [0.4, 0.5) is 0 Å². The molecule has 0 aliphatic carbocycles. The number of amides is 1. The highest BCUT2D eigenvalue weighted by atomic mass is 32.2. The Hall–Kier alpha value is -2.46. The summed E-state index contributed by atoms with van der Waals surface area (Å²) in [5.74, 6) is 2.47. The molecule has 0 unspecified atom stereocenters. The van der Waals surface area contributed by atoms with Crippen LogP contribution in [0.1, 0.15) is 22.8 Å². The van der Waals surface area contributed by atoms with E-state index in [-0.39, 0.29) is 24.7 Å². The molecule has 0 spiro atoms. The number of rotatable bonds is 9. The zero-order chi connectivity index (χ0) is 17.9. The van der Waals surface area contributed by atoms with E-state index in [1.165, 1.54) is 18.7 Å². The van der Waals surface area contributed by atoms with E-state index < -0.39 is 11.9 Å². The molecule has 0 aliphatic heterocycles. The van der Waals surface area contributed by atoms with Gasteiger partial charge in [0.15, 0.2) is 12.4 Å². The lowest BCUT2D eigenvalue weighted by molar-refractivity contribution is -0.145. The van der Waals surface area contributed by atoms with Crippen molar-refractivity contribution in [2.24, 2.45) is 0 Å². The summed E-state index contributed by atoms with van der Waals surface area (Å²) >= 11 is 1.30. The van der Waals surface area contributed by atoms with Crippen molar-refractivity contribution in [1.29, 1.82) is 0 Å². The first-order valence-corrected chi connectivity index (χ1v) is 8.24. The number of hydrogen-bond acceptors (Lipinski definition) is 6. The lowest BCUT2D eigenvalue weighted by Gasteiger charge is -2.10. The van der Waals surface area contributed by atoms with Crippen LogP contribution in [0.3, 0.4) is 0 Å². The second kappa shape index (κ2) is 10.3. The first kappa shape index (κ1) is 19.6. The van der Waals surface area contributed by atoms with Gasteiger partial charge in [-0.1, -0.05) is 5.92 Å². The average Bonchev–Trinajstić information content (AvgIpc) is 2.57. The fourth-order valence-electron chi connectivity index (χ4n) is 1.74. The number of nitrogens with one attached hydrogen (secondary N) is 1. The molecule has 0 saturated carbocycles. The van der Waals surface area contributed by atoms with Crippen molar-refractivity contribution in [2.45, 2.75) is 12.7 Å². The van der Waals surface area contributed by atoms with Gasteiger partial charge in [-0.2, -0.15) is 0 Å². The summed E-state index contributed by atoms with van der Waals surface area (Å²) in [7, 11) is 1.54. The van der Waals surface area contributed by atoms with Crippen LogP contribution in [0.15, 0.2) is 18.2 Å². The summed E-state index contributed by atoms with van der Waals surface area (Å²) < 4.78 is 10.1. The molecule has 0 saturated heterocycles. The van der Waals surface area contributed by atoms with Gasteiger partial charge in [-0.25, -0.2) is 0 Å². The highest BCUT2D eigenvalue weighted by Gasteiger charge is 2.10. The van der Waals surface area contributed by atoms with Gasteiger partial charge in [0.1, 0.15) is 5.75 Å². The number of methoxy groups -OCH3 is 1. The van der Waals surface area contributed by atoms with Gasteiger partial charge in [-0.3, -0.25) is 14.4 Å². The van der Waals surface area contributed by atoms with E-state index in [1.807, 2.05) is 0 Å². The molecule has 0 aliphatic rings. The predicted octanol–water partition coefficient (Wildman–Crippen LogP) is 1.42. The lowest BCUT2D eigenvalue weighted by atomic mass is 10.1. The van der Waals surface area contributed by atoms with Crippen LogP contribution in [0, 0.1) is 12.3 Å². The topological polar surface area (TPSA) is 81.7 Å². The lowest BCUT2D eigenvalue weighted by Crippen LogP contribution is -2.29. The number of Topliss-reactive ketones (excluding diaryl/α,β-unsaturated/α-hetero) is 1. The quantitative estimate of drug-likeness (QED) is 0.413. The van der Waals surface area contributed by atoms with Crippen LogP contribution in [0.2, 0.25) is 0 Å². The molecule has 0 bridgehead atoms. The van der Waals surface area contributed by atoms with Gasteiger partial charge >= 0.3 is 5.97 Å². The number of esters is 1. The summed E-state index contributed by atoms with van der Waals surface area (Å²) in [6, 6.07) is 5.16. The number of terminal acetylenes is 1. The van der Waals surface area contributed by atoms with Gasteiger partial charge in [-0.05, 0) is 25.1 Å². The Morgan fingerprint density at radius 2 is 2.08 bits per heavy atom. The first-order chi connectivity index (χ1) is 11.5. The summed E-state index contributed by atoms with van der Waals surface area (Å²) in [5, 5.41) is 2.39. The number of ketones is 1. The molecular weight excluding hydrogens is 330 g/mol. The van der Waals surface area contributed by atoms with Gasteiger partial charge < -0.3 is 14.8 Å². The SMILES string of the molecule is C#CCNC(=O)COC(=O)CSCc1cc(C(C)=O)ccc1OC. The van der Waals surface area contributed by atoms with E-state index in [0.717, 1.165) is 5.56 Å². The van der Waals surface area contributed by atoms with Crippen LogP contribution in [0.5, 0.6) is 5.75 Å². The van der Waals surface area contributed by atoms with Gasteiger partial charge in [-0.15, -0.1) is 18.2 Å². The van der Waals surface area contributed by atoms with Crippen LogP contribution in [0.25, 0.3) is 0 Å². The third kappa shape index (κ3) is 6.75. The molecule has 128 valence electrons. The zero-order valence-corrected chi connectivity index (χ0v) is 14.4. The molecule has 1 rings (SSSR count). The Morgan fingerprint density at radius 3 is 2.71 bits per heavy atom. The van der Waals surface area contributed by atoms with Crippen molar-refractivity contribution in [1.82, 2.24) is 5.32 Å². The van der Waals surface area contributed by atoms with Gasteiger partial charge in [0.05, 0.1) is 19.4 Å². The molecule has 1 aromatic rings. The average molecular weight is 349 g/mol. The van der Waals surface area contributed by atoms with Crippen LogP contribution >= 0.6 is 11.8 Å². The van der Waals surface area contributed by atoms with Crippen molar-refractivity contribution in [3.8, 4) is 18.1 Å². The Balaban J connectivity index is 2.45. The van der Waals surface area contributed by atoms with Crippen LogP contribution in [-0.2, 0) is 20.1 Å². The fourth-order valence-corrected chi connectivity index (χ4v) is 2.54. The highest BCUT2D eigenvalue weighted by Crippen LogP contribution is 2.24. The van der Waals surface area contributed by atoms with Gasteiger partial charge in [0.25, 0.3) is 5.91 Å². The molecule has 0 fully saturated rings. The van der Waals surface area contributed by atoms with Crippen molar-refractivity contribution in [2.75, 3.05) is 26.0 Å². The number of hydrogen-bond donors (Lipinski definition) is 1. The molecule has 0 aromatic heterocycles. The first-order valence-electron chi connectivity index (χ1n) is 7.09. The molecule has 0 atom stereocenters. The van der Waals surface area contributed by atoms with Crippen molar-refractivity contribution in [3.05, 3.63) is 29.3 Å². The maximum Gasteiger partial charge on any atom is 0.316 e. The van der Waals surface area contributed by atoms with E-state index in [2.05, 4.69) is 11.2 Å². The summed E-state index contributed by atoms with van der Waals surface area (Å²) in [6.45, 7) is 1.23. The third-order valence-electron chi connectivity index (χ3n) is 2.92. The van der Waals surface area contributed by atoms with Crippen molar-refractivity contribution in [3.63, 3.8) is 0 Å². The second-order valence-corrected chi connectivity index (χ2v) is 5.70. The van der Waals surface area contributed by atoms with E-state index >= 15 is 0 Å². The maximum atomic E-state index is 11.6. The van der Waals surface area contributed by atoms with E-state index in [4.69, 9.17) is 15.9 Å². The van der Waals surface area contributed by atoms with E-state index in [0.29, 0.717) is 17.1 Å². The minimum Gasteiger partial charge on any atom is -0.496 e. The molecule has 1 aromatic carbocycles. The smallest absolute Gasteiger partial charge is 0.316 e. The molecule has 6 nitrogen and oxygen atoms in total. The Bertz CT molecular complexity index is 651.